The van der Waals surface area contributed by atoms with Crippen molar-refractivity contribution in [3.8, 4) is 0 Å². The molecule has 5 nitrogen and oxygen atoms in total. The number of aromatic nitrogens is 1. The number of anilines is 2. The Hall–Kier alpha value is -1.47. The molecule has 2 rings (SSSR count). The fourth-order valence-corrected chi connectivity index (χ4v) is 1.90. The molecule has 1 aliphatic heterocycles. The average Bonchev–Trinajstić information content (AvgIpc) is 2.39. The van der Waals surface area contributed by atoms with E-state index in [0.717, 1.165) is 25.5 Å². The monoisotopic (exact) mass is 258 g/mol. The van der Waals surface area contributed by atoms with Crippen LogP contribution in [0.5, 0.6) is 0 Å². The maximum atomic E-state index is 13.5. The third-order valence-electron chi connectivity index (χ3n) is 2.88. The van der Waals surface area contributed by atoms with Gasteiger partial charge in [-0.2, -0.15) is 0 Å². The van der Waals surface area contributed by atoms with E-state index in [1.807, 2.05) is 0 Å². The van der Waals surface area contributed by atoms with Gasteiger partial charge in [0.1, 0.15) is 0 Å². The standard InChI is InChI=1S/C11H16F2N4O/c12-8-4-9(13)11(17-14)16-10(8)15-5-7-2-1-3-18-6-7/h4,7H,1-3,5-6,14H2,(H2,15,16,17). The van der Waals surface area contributed by atoms with E-state index in [1.165, 1.54) is 0 Å². The lowest BCUT2D eigenvalue weighted by molar-refractivity contribution is 0.0594. The Morgan fingerprint density at radius 3 is 2.83 bits per heavy atom. The summed E-state index contributed by atoms with van der Waals surface area (Å²) in [5.41, 5.74) is 2.08. The highest BCUT2D eigenvalue weighted by atomic mass is 19.1. The van der Waals surface area contributed by atoms with Gasteiger partial charge in [0.15, 0.2) is 23.3 Å². The molecular formula is C11H16F2N4O. The average molecular weight is 258 g/mol. The van der Waals surface area contributed by atoms with Crippen LogP contribution in [-0.2, 0) is 4.74 Å². The van der Waals surface area contributed by atoms with Crippen molar-refractivity contribution in [1.29, 1.82) is 0 Å². The number of halogens is 2. The summed E-state index contributed by atoms with van der Waals surface area (Å²) < 4.78 is 31.9. The zero-order chi connectivity index (χ0) is 13.0. The number of nitrogens with one attached hydrogen (secondary N) is 2. The van der Waals surface area contributed by atoms with Crippen LogP contribution < -0.4 is 16.6 Å². The first-order valence-electron chi connectivity index (χ1n) is 5.85. The summed E-state index contributed by atoms with van der Waals surface area (Å²) in [5, 5.41) is 2.86. The molecule has 1 aromatic rings. The molecule has 0 radical (unpaired) electrons. The quantitative estimate of drug-likeness (QED) is 0.563. The van der Waals surface area contributed by atoms with Gasteiger partial charge in [0.25, 0.3) is 0 Å². The smallest absolute Gasteiger partial charge is 0.178 e. The van der Waals surface area contributed by atoms with Crippen molar-refractivity contribution in [3.63, 3.8) is 0 Å². The van der Waals surface area contributed by atoms with E-state index in [1.54, 1.807) is 0 Å². The number of nitrogen functional groups attached to an aromatic ring is 1. The molecule has 0 bridgehead atoms. The number of nitrogens with two attached hydrogens (primary N) is 1. The maximum Gasteiger partial charge on any atom is 0.178 e. The molecule has 100 valence electrons. The molecule has 0 amide bonds. The third kappa shape index (κ3) is 3.05. The van der Waals surface area contributed by atoms with Gasteiger partial charge >= 0.3 is 0 Å². The van der Waals surface area contributed by atoms with Crippen LogP contribution in [0.3, 0.4) is 0 Å². The van der Waals surface area contributed by atoms with Crippen molar-refractivity contribution in [3.05, 3.63) is 17.7 Å². The molecule has 18 heavy (non-hydrogen) atoms. The molecule has 1 saturated heterocycles. The zero-order valence-corrected chi connectivity index (χ0v) is 9.88. The summed E-state index contributed by atoms with van der Waals surface area (Å²) in [7, 11) is 0. The first-order valence-corrected chi connectivity index (χ1v) is 5.85. The molecule has 0 saturated carbocycles. The predicted octanol–water partition coefficient (Wildman–Crippen LogP) is 1.48. The molecule has 1 aliphatic rings. The molecule has 0 spiro atoms. The summed E-state index contributed by atoms with van der Waals surface area (Å²) in [6.07, 6.45) is 2.03. The van der Waals surface area contributed by atoms with Crippen molar-refractivity contribution >= 4 is 11.6 Å². The van der Waals surface area contributed by atoms with E-state index < -0.39 is 11.6 Å². The van der Waals surface area contributed by atoms with E-state index in [2.05, 4.69) is 15.7 Å². The maximum absolute atomic E-state index is 13.5. The van der Waals surface area contributed by atoms with Crippen molar-refractivity contribution < 1.29 is 13.5 Å². The van der Waals surface area contributed by atoms with Crippen LogP contribution in [0.15, 0.2) is 6.07 Å². The molecule has 1 aromatic heterocycles. The van der Waals surface area contributed by atoms with Crippen LogP contribution in [0, 0.1) is 17.6 Å². The summed E-state index contributed by atoms with van der Waals surface area (Å²) in [4.78, 5) is 3.74. The van der Waals surface area contributed by atoms with Gasteiger partial charge in [-0.05, 0) is 18.8 Å². The Balaban J connectivity index is 1.99. The highest BCUT2D eigenvalue weighted by Crippen LogP contribution is 2.20. The lowest BCUT2D eigenvalue weighted by Gasteiger charge is -2.22. The minimum Gasteiger partial charge on any atom is -0.381 e. The highest BCUT2D eigenvalue weighted by molar-refractivity contribution is 5.46. The SMILES string of the molecule is NNc1nc(NCC2CCCOC2)c(F)cc1F. The molecule has 7 heteroatoms. The largest absolute Gasteiger partial charge is 0.381 e. The fraction of sp³-hybridized carbons (Fsp3) is 0.545. The van der Waals surface area contributed by atoms with Crippen LogP contribution >= 0.6 is 0 Å². The number of nitrogens with zero attached hydrogens (tertiary/aromatic N) is 1. The summed E-state index contributed by atoms with van der Waals surface area (Å²) >= 11 is 0. The van der Waals surface area contributed by atoms with Crippen LogP contribution in [0.4, 0.5) is 20.4 Å². The highest BCUT2D eigenvalue weighted by Gasteiger charge is 2.16. The van der Waals surface area contributed by atoms with E-state index in [9.17, 15) is 8.78 Å². The minimum atomic E-state index is -0.818. The summed E-state index contributed by atoms with van der Waals surface area (Å²) in [5.74, 6) is 3.67. The Morgan fingerprint density at radius 1 is 1.39 bits per heavy atom. The van der Waals surface area contributed by atoms with Crippen molar-refractivity contribution in [2.45, 2.75) is 12.8 Å². The summed E-state index contributed by atoms with van der Waals surface area (Å²) in [6, 6.07) is 0.752. The Bertz CT molecular complexity index is 410. The zero-order valence-electron chi connectivity index (χ0n) is 9.88. The van der Waals surface area contributed by atoms with E-state index >= 15 is 0 Å². The first kappa shape index (κ1) is 13.0. The van der Waals surface area contributed by atoms with Crippen molar-refractivity contribution in [1.82, 2.24) is 4.98 Å². The topological polar surface area (TPSA) is 72.2 Å². The lowest BCUT2D eigenvalue weighted by Crippen LogP contribution is -2.25. The van der Waals surface area contributed by atoms with Crippen LogP contribution in [0.2, 0.25) is 0 Å². The van der Waals surface area contributed by atoms with Gasteiger partial charge in [0, 0.05) is 19.2 Å². The second-order valence-electron chi connectivity index (χ2n) is 4.26. The molecule has 1 unspecified atom stereocenters. The van der Waals surface area contributed by atoms with Gasteiger partial charge in [-0.1, -0.05) is 0 Å². The van der Waals surface area contributed by atoms with Gasteiger partial charge in [-0.3, -0.25) is 0 Å². The number of pyridine rings is 1. The van der Waals surface area contributed by atoms with Gasteiger partial charge in [0.2, 0.25) is 0 Å². The number of hydrazine groups is 1. The number of rotatable bonds is 4. The fourth-order valence-electron chi connectivity index (χ4n) is 1.90. The van der Waals surface area contributed by atoms with Gasteiger partial charge < -0.3 is 15.5 Å². The third-order valence-corrected chi connectivity index (χ3v) is 2.88. The second-order valence-corrected chi connectivity index (χ2v) is 4.26. The normalized spacial score (nSPS) is 19.6. The Labute approximate surface area is 104 Å². The molecular weight excluding hydrogens is 242 g/mol. The van der Waals surface area contributed by atoms with Crippen LogP contribution in [0.1, 0.15) is 12.8 Å². The van der Waals surface area contributed by atoms with Crippen molar-refractivity contribution in [2.75, 3.05) is 30.5 Å². The second kappa shape index (κ2) is 5.92. The number of hydrogen-bond donors (Lipinski definition) is 3. The predicted molar refractivity (Wildman–Crippen MR) is 64.0 cm³/mol. The van der Waals surface area contributed by atoms with E-state index in [4.69, 9.17) is 10.6 Å². The van der Waals surface area contributed by atoms with Crippen molar-refractivity contribution in [2.24, 2.45) is 11.8 Å². The van der Waals surface area contributed by atoms with Gasteiger partial charge in [-0.15, -0.1) is 0 Å². The lowest BCUT2D eigenvalue weighted by atomic mass is 10.0. The molecule has 1 fully saturated rings. The van der Waals surface area contributed by atoms with Crippen LogP contribution in [-0.4, -0.2) is 24.7 Å². The number of hydrogen-bond acceptors (Lipinski definition) is 5. The number of ether oxygens (including phenoxy) is 1. The van der Waals surface area contributed by atoms with E-state index in [-0.39, 0.29) is 11.6 Å². The molecule has 2 heterocycles. The van der Waals surface area contributed by atoms with Gasteiger partial charge in [-0.25, -0.2) is 19.6 Å². The van der Waals surface area contributed by atoms with E-state index in [0.29, 0.717) is 19.1 Å². The molecule has 0 aliphatic carbocycles. The minimum absolute atomic E-state index is 0.00470. The Kier molecular flexibility index (Phi) is 4.27. The molecule has 1 atom stereocenters. The summed E-state index contributed by atoms with van der Waals surface area (Å²) in [6.45, 7) is 1.97. The first-order chi connectivity index (χ1) is 8.70. The Morgan fingerprint density at radius 2 is 2.17 bits per heavy atom. The van der Waals surface area contributed by atoms with Gasteiger partial charge in [0.05, 0.1) is 6.61 Å². The molecule has 0 aromatic carbocycles. The van der Waals surface area contributed by atoms with Crippen LogP contribution in [0.25, 0.3) is 0 Å². The molecule has 4 N–H and O–H groups in total.